The second kappa shape index (κ2) is 2.63. The molecule has 2 heteroatoms. The first kappa shape index (κ1) is 8.54. The summed E-state index contributed by atoms with van der Waals surface area (Å²) in [6.45, 7) is 2.10. The van der Waals surface area contributed by atoms with Crippen molar-refractivity contribution in [3.05, 3.63) is 23.7 Å². The quantitative estimate of drug-likeness (QED) is 0.741. The number of hydrogen-bond acceptors (Lipinski definition) is 2. The summed E-state index contributed by atoms with van der Waals surface area (Å²) in [5, 5.41) is 0. The summed E-state index contributed by atoms with van der Waals surface area (Å²) >= 11 is 0. The summed E-state index contributed by atoms with van der Waals surface area (Å²) in [5.74, 6) is 2.44. The van der Waals surface area contributed by atoms with Gasteiger partial charge in [-0.2, -0.15) is 0 Å². The fourth-order valence-corrected chi connectivity index (χ4v) is 3.32. The highest BCUT2D eigenvalue weighted by atomic mass is 16.3. The minimum Gasteiger partial charge on any atom is -0.467 e. The van der Waals surface area contributed by atoms with E-state index in [2.05, 4.69) is 6.92 Å². The minimum atomic E-state index is -0.107. The Hall–Kier alpha value is -0.760. The monoisotopic (exact) mass is 191 g/mol. The average Bonchev–Trinajstić information content (AvgIpc) is 2.57. The van der Waals surface area contributed by atoms with Crippen LogP contribution in [0.4, 0.5) is 0 Å². The van der Waals surface area contributed by atoms with Gasteiger partial charge in [0.25, 0.3) is 0 Å². The van der Waals surface area contributed by atoms with E-state index in [1.165, 1.54) is 31.2 Å². The lowest BCUT2D eigenvalue weighted by atomic mass is 10.0. The normalized spacial score (nSPS) is 40.7. The number of furan rings is 1. The molecule has 3 rings (SSSR count). The molecule has 0 aliphatic heterocycles. The fraction of sp³-hybridized carbons (Fsp3) is 0.667. The van der Waals surface area contributed by atoms with Crippen molar-refractivity contribution >= 4 is 0 Å². The Morgan fingerprint density at radius 3 is 2.50 bits per heavy atom. The highest BCUT2D eigenvalue weighted by Gasteiger charge is 2.65. The second-order valence-electron chi connectivity index (χ2n) is 4.86. The van der Waals surface area contributed by atoms with Crippen molar-refractivity contribution in [3.63, 3.8) is 0 Å². The van der Waals surface area contributed by atoms with Gasteiger partial charge >= 0.3 is 0 Å². The van der Waals surface area contributed by atoms with Gasteiger partial charge in [-0.05, 0) is 43.2 Å². The van der Waals surface area contributed by atoms with E-state index in [9.17, 15) is 0 Å². The summed E-state index contributed by atoms with van der Waals surface area (Å²) in [6, 6.07) is 2.02. The third-order valence-electron chi connectivity index (χ3n) is 4.14. The van der Waals surface area contributed by atoms with Crippen molar-refractivity contribution in [2.45, 2.75) is 38.1 Å². The molecule has 0 saturated heterocycles. The van der Waals surface area contributed by atoms with Gasteiger partial charge in [0.05, 0.1) is 11.8 Å². The maximum atomic E-state index is 6.47. The topological polar surface area (TPSA) is 39.2 Å². The van der Waals surface area contributed by atoms with Crippen molar-refractivity contribution in [1.29, 1.82) is 0 Å². The summed E-state index contributed by atoms with van der Waals surface area (Å²) in [4.78, 5) is 0. The SMILES string of the molecule is Cc1ccoc1C1(N)C2CCCCC21. The minimum absolute atomic E-state index is 0.107. The second-order valence-corrected chi connectivity index (χ2v) is 4.86. The van der Waals surface area contributed by atoms with Crippen LogP contribution in [-0.4, -0.2) is 0 Å². The van der Waals surface area contributed by atoms with Crippen LogP contribution in [0.5, 0.6) is 0 Å². The highest BCUT2D eigenvalue weighted by molar-refractivity contribution is 5.33. The van der Waals surface area contributed by atoms with Crippen molar-refractivity contribution in [2.75, 3.05) is 0 Å². The highest BCUT2D eigenvalue weighted by Crippen LogP contribution is 2.63. The Morgan fingerprint density at radius 2 is 2.00 bits per heavy atom. The fourth-order valence-electron chi connectivity index (χ4n) is 3.32. The van der Waals surface area contributed by atoms with Crippen LogP contribution < -0.4 is 5.73 Å². The molecule has 2 saturated carbocycles. The molecule has 0 aromatic carbocycles. The van der Waals surface area contributed by atoms with Crippen LogP contribution in [0.2, 0.25) is 0 Å². The molecule has 14 heavy (non-hydrogen) atoms. The molecule has 1 aromatic heterocycles. The molecule has 76 valence electrons. The van der Waals surface area contributed by atoms with E-state index in [0.717, 1.165) is 5.76 Å². The first-order valence-electron chi connectivity index (χ1n) is 5.58. The van der Waals surface area contributed by atoms with Gasteiger partial charge in [0, 0.05) is 0 Å². The van der Waals surface area contributed by atoms with Crippen LogP contribution in [0.1, 0.15) is 37.0 Å². The molecule has 1 aromatic rings. The summed E-state index contributed by atoms with van der Waals surface area (Å²) in [6.07, 6.45) is 7.05. The molecule has 2 aliphatic carbocycles. The Kier molecular flexibility index (Phi) is 1.61. The van der Waals surface area contributed by atoms with E-state index >= 15 is 0 Å². The van der Waals surface area contributed by atoms with E-state index in [1.807, 2.05) is 6.07 Å². The van der Waals surface area contributed by atoms with Crippen molar-refractivity contribution < 1.29 is 4.42 Å². The van der Waals surface area contributed by atoms with Gasteiger partial charge in [-0.1, -0.05) is 12.8 Å². The zero-order chi connectivity index (χ0) is 9.76. The number of fused-ring (bicyclic) bond motifs is 1. The average molecular weight is 191 g/mol. The van der Waals surface area contributed by atoms with Crippen LogP contribution in [-0.2, 0) is 5.54 Å². The standard InChI is InChI=1S/C12H17NO/c1-8-6-7-14-11(8)12(13)9-4-2-3-5-10(9)12/h6-7,9-10H,2-5,13H2,1H3. The van der Waals surface area contributed by atoms with Gasteiger partial charge in [0.15, 0.2) is 0 Å². The summed E-state index contributed by atoms with van der Waals surface area (Å²) in [7, 11) is 0. The Morgan fingerprint density at radius 1 is 1.36 bits per heavy atom. The van der Waals surface area contributed by atoms with E-state index in [1.54, 1.807) is 6.26 Å². The lowest BCUT2D eigenvalue weighted by Crippen LogP contribution is -2.24. The molecule has 0 bridgehead atoms. The third-order valence-corrected chi connectivity index (χ3v) is 4.14. The van der Waals surface area contributed by atoms with Crippen LogP contribution in [0.25, 0.3) is 0 Å². The van der Waals surface area contributed by atoms with Crippen LogP contribution in [0.15, 0.2) is 16.7 Å². The van der Waals surface area contributed by atoms with Crippen LogP contribution in [0, 0.1) is 18.8 Å². The van der Waals surface area contributed by atoms with Gasteiger partial charge in [-0.3, -0.25) is 0 Å². The van der Waals surface area contributed by atoms with Gasteiger partial charge in [-0.25, -0.2) is 0 Å². The number of aryl methyl sites for hydroxylation is 1. The molecule has 0 spiro atoms. The zero-order valence-electron chi connectivity index (χ0n) is 8.62. The molecule has 2 fully saturated rings. The van der Waals surface area contributed by atoms with Crippen LogP contribution in [0.3, 0.4) is 0 Å². The summed E-state index contributed by atoms with van der Waals surface area (Å²) in [5.41, 5.74) is 7.59. The number of nitrogens with two attached hydrogens (primary N) is 1. The molecule has 2 aliphatic rings. The largest absolute Gasteiger partial charge is 0.467 e. The third kappa shape index (κ3) is 0.897. The molecule has 2 unspecified atom stereocenters. The number of rotatable bonds is 1. The maximum Gasteiger partial charge on any atom is 0.127 e. The van der Waals surface area contributed by atoms with E-state index in [4.69, 9.17) is 10.2 Å². The molecular weight excluding hydrogens is 174 g/mol. The predicted molar refractivity (Wildman–Crippen MR) is 54.8 cm³/mol. The zero-order valence-corrected chi connectivity index (χ0v) is 8.62. The molecular formula is C12H17NO. The molecule has 2 N–H and O–H groups in total. The molecule has 0 amide bonds. The van der Waals surface area contributed by atoms with Crippen molar-refractivity contribution in [1.82, 2.24) is 0 Å². The maximum absolute atomic E-state index is 6.47. The lowest BCUT2D eigenvalue weighted by molar-refractivity contribution is 0.423. The summed E-state index contributed by atoms with van der Waals surface area (Å²) < 4.78 is 5.56. The molecule has 2 atom stereocenters. The molecule has 2 nitrogen and oxygen atoms in total. The first-order chi connectivity index (χ1) is 6.74. The van der Waals surface area contributed by atoms with Crippen molar-refractivity contribution in [2.24, 2.45) is 17.6 Å². The van der Waals surface area contributed by atoms with Gasteiger partial charge in [0.2, 0.25) is 0 Å². The van der Waals surface area contributed by atoms with E-state index in [-0.39, 0.29) is 5.54 Å². The Balaban J connectivity index is 1.96. The smallest absolute Gasteiger partial charge is 0.127 e. The van der Waals surface area contributed by atoms with Gasteiger partial charge < -0.3 is 10.2 Å². The van der Waals surface area contributed by atoms with Crippen molar-refractivity contribution in [3.8, 4) is 0 Å². The Labute approximate surface area is 84.5 Å². The van der Waals surface area contributed by atoms with E-state index < -0.39 is 0 Å². The predicted octanol–water partition coefficient (Wildman–Crippen LogP) is 2.56. The molecule has 0 radical (unpaired) electrons. The van der Waals surface area contributed by atoms with Crippen LogP contribution >= 0.6 is 0 Å². The van der Waals surface area contributed by atoms with Gasteiger partial charge in [0.1, 0.15) is 5.76 Å². The van der Waals surface area contributed by atoms with E-state index in [0.29, 0.717) is 11.8 Å². The van der Waals surface area contributed by atoms with Gasteiger partial charge in [-0.15, -0.1) is 0 Å². The Bertz CT molecular complexity index is 343. The first-order valence-corrected chi connectivity index (χ1v) is 5.58. The number of hydrogen-bond donors (Lipinski definition) is 1. The lowest BCUT2D eigenvalue weighted by Gasteiger charge is -2.09. The molecule has 1 heterocycles.